The molecule has 1 aromatic carbocycles. The second-order valence-corrected chi connectivity index (χ2v) is 6.50. The molecule has 0 bridgehead atoms. The van der Waals surface area contributed by atoms with Crippen LogP contribution in [0.2, 0.25) is 0 Å². The van der Waals surface area contributed by atoms with Crippen LogP contribution in [0.25, 0.3) is 0 Å². The van der Waals surface area contributed by atoms with Crippen molar-refractivity contribution in [1.29, 1.82) is 0 Å². The summed E-state index contributed by atoms with van der Waals surface area (Å²) in [5, 5.41) is 9.35. The van der Waals surface area contributed by atoms with Crippen molar-refractivity contribution in [1.82, 2.24) is 9.80 Å². The van der Waals surface area contributed by atoms with Crippen molar-refractivity contribution in [2.45, 2.75) is 25.8 Å². The Morgan fingerprint density at radius 3 is 2.88 bits per heavy atom. The van der Waals surface area contributed by atoms with Crippen LogP contribution in [0, 0.1) is 0 Å². The topological polar surface area (TPSA) is 73.3 Å². The lowest BCUT2D eigenvalue weighted by molar-refractivity contribution is 0.155. The zero-order chi connectivity index (χ0) is 17.8. The lowest BCUT2D eigenvalue weighted by Crippen LogP contribution is -2.47. The number of urea groups is 1. The van der Waals surface area contributed by atoms with Crippen LogP contribution >= 0.6 is 0 Å². The lowest BCUT2D eigenvalue weighted by atomic mass is 10.1. The first-order valence-electron chi connectivity index (χ1n) is 8.80. The van der Waals surface area contributed by atoms with Gasteiger partial charge in [0.1, 0.15) is 6.61 Å². The molecular formula is C18H25N3O4. The van der Waals surface area contributed by atoms with E-state index in [2.05, 4.69) is 6.07 Å². The van der Waals surface area contributed by atoms with Crippen LogP contribution in [0.1, 0.15) is 18.9 Å². The Balaban J connectivity index is 1.63. The largest absolute Gasteiger partial charge is 0.448 e. The van der Waals surface area contributed by atoms with Gasteiger partial charge in [0.25, 0.3) is 0 Å². The van der Waals surface area contributed by atoms with Gasteiger partial charge in [0, 0.05) is 31.4 Å². The van der Waals surface area contributed by atoms with Crippen molar-refractivity contribution in [3.8, 4) is 0 Å². The fraction of sp³-hybridized carbons (Fsp3) is 0.556. The number of amides is 3. The number of hydrogen-bond acceptors (Lipinski definition) is 4. The van der Waals surface area contributed by atoms with Gasteiger partial charge in [0.2, 0.25) is 0 Å². The predicted molar refractivity (Wildman–Crippen MR) is 93.7 cm³/mol. The third-order valence-electron chi connectivity index (χ3n) is 4.75. The molecule has 1 fully saturated rings. The second kappa shape index (κ2) is 7.74. The summed E-state index contributed by atoms with van der Waals surface area (Å²) in [6.07, 6.45) is 1.21. The summed E-state index contributed by atoms with van der Waals surface area (Å²) in [7, 11) is 0. The molecular weight excluding hydrogens is 322 g/mol. The highest BCUT2D eigenvalue weighted by molar-refractivity contribution is 5.95. The average molecular weight is 347 g/mol. The number of carbonyl (C=O) groups excluding carboxylic acids is 2. The van der Waals surface area contributed by atoms with Crippen LogP contribution in [0.4, 0.5) is 15.3 Å². The molecule has 2 heterocycles. The van der Waals surface area contributed by atoms with Crippen LogP contribution in [0.15, 0.2) is 24.3 Å². The van der Waals surface area contributed by atoms with Gasteiger partial charge in [-0.3, -0.25) is 4.90 Å². The minimum Gasteiger partial charge on any atom is -0.448 e. The van der Waals surface area contributed by atoms with Crippen LogP contribution in [-0.2, 0) is 11.2 Å². The standard InChI is InChI=1S/C18H25N3O4/c1-14-13-15-5-2-3-6-16(15)21(14)17(23)19(9-11-22)7-4-8-20-10-12-25-18(20)24/h2-3,5-6,14,22H,4,7-13H2,1H3. The third-order valence-corrected chi connectivity index (χ3v) is 4.75. The predicted octanol–water partition coefficient (Wildman–Crippen LogP) is 1.69. The van der Waals surface area contributed by atoms with Crippen LogP contribution < -0.4 is 4.90 Å². The maximum absolute atomic E-state index is 13.0. The number of nitrogens with zero attached hydrogens (tertiary/aromatic N) is 3. The highest BCUT2D eigenvalue weighted by atomic mass is 16.6. The van der Waals surface area contributed by atoms with E-state index < -0.39 is 0 Å². The number of ether oxygens (including phenoxy) is 1. The first-order valence-corrected chi connectivity index (χ1v) is 8.80. The molecule has 0 spiro atoms. The molecule has 3 rings (SSSR count). The fourth-order valence-corrected chi connectivity index (χ4v) is 3.51. The van der Waals surface area contributed by atoms with Gasteiger partial charge < -0.3 is 19.6 Å². The number of para-hydroxylation sites is 1. The summed E-state index contributed by atoms with van der Waals surface area (Å²) in [6.45, 7) is 4.32. The number of carbonyl (C=O) groups is 2. The van der Waals surface area contributed by atoms with Gasteiger partial charge in [0.05, 0.1) is 13.2 Å². The Morgan fingerprint density at radius 2 is 2.16 bits per heavy atom. The number of fused-ring (bicyclic) bond motifs is 1. The number of cyclic esters (lactones) is 1. The van der Waals surface area contributed by atoms with Gasteiger partial charge in [-0.2, -0.15) is 0 Å². The summed E-state index contributed by atoms with van der Waals surface area (Å²) in [5.74, 6) is 0. The number of rotatable bonds is 6. The fourth-order valence-electron chi connectivity index (χ4n) is 3.51. The zero-order valence-corrected chi connectivity index (χ0v) is 14.6. The van der Waals surface area contributed by atoms with Crippen LogP contribution in [0.5, 0.6) is 0 Å². The van der Waals surface area contributed by atoms with E-state index in [0.29, 0.717) is 32.7 Å². The maximum atomic E-state index is 13.0. The molecule has 0 aliphatic carbocycles. The number of hydrogen-bond donors (Lipinski definition) is 1. The first kappa shape index (κ1) is 17.5. The molecule has 7 nitrogen and oxygen atoms in total. The number of benzene rings is 1. The molecule has 1 aromatic rings. The third kappa shape index (κ3) is 3.71. The van der Waals surface area contributed by atoms with Crippen molar-refractivity contribution in [3.63, 3.8) is 0 Å². The molecule has 2 aliphatic rings. The second-order valence-electron chi connectivity index (χ2n) is 6.50. The van der Waals surface area contributed by atoms with Crippen molar-refractivity contribution >= 4 is 17.8 Å². The summed E-state index contributed by atoms with van der Waals surface area (Å²) in [4.78, 5) is 29.6. The van der Waals surface area contributed by atoms with Gasteiger partial charge in [-0.25, -0.2) is 9.59 Å². The smallest absolute Gasteiger partial charge is 0.409 e. The van der Waals surface area contributed by atoms with Gasteiger partial charge in [-0.1, -0.05) is 18.2 Å². The Bertz CT molecular complexity index is 637. The highest BCUT2D eigenvalue weighted by Crippen LogP contribution is 2.32. The number of anilines is 1. The van der Waals surface area contributed by atoms with E-state index in [1.165, 1.54) is 5.56 Å². The highest BCUT2D eigenvalue weighted by Gasteiger charge is 2.33. The quantitative estimate of drug-likeness (QED) is 0.850. The Hall–Kier alpha value is -2.28. The summed E-state index contributed by atoms with van der Waals surface area (Å²) >= 11 is 0. The normalized spacial score (nSPS) is 19.1. The van der Waals surface area contributed by atoms with Crippen LogP contribution in [-0.4, -0.2) is 72.5 Å². The minimum absolute atomic E-state index is 0.0820. The Labute approximate surface area is 147 Å². The van der Waals surface area contributed by atoms with E-state index in [1.807, 2.05) is 30.0 Å². The minimum atomic E-state index is -0.290. The SMILES string of the molecule is CC1Cc2ccccc2N1C(=O)N(CCO)CCCN1CCOC1=O. The molecule has 3 amide bonds. The number of aliphatic hydroxyl groups excluding tert-OH is 1. The summed E-state index contributed by atoms with van der Waals surface area (Å²) in [6, 6.07) is 7.95. The van der Waals surface area contributed by atoms with Crippen molar-refractivity contribution in [3.05, 3.63) is 29.8 Å². The van der Waals surface area contributed by atoms with Crippen molar-refractivity contribution in [2.75, 3.05) is 44.3 Å². The molecule has 0 radical (unpaired) electrons. The molecule has 1 atom stereocenters. The molecule has 1 N–H and O–H groups in total. The zero-order valence-electron chi connectivity index (χ0n) is 14.6. The molecule has 7 heteroatoms. The molecule has 0 saturated carbocycles. The van der Waals surface area contributed by atoms with E-state index in [9.17, 15) is 14.7 Å². The first-order chi connectivity index (χ1) is 12.1. The van der Waals surface area contributed by atoms with Gasteiger partial charge in [0.15, 0.2) is 0 Å². The summed E-state index contributed by atoms with van der Waals surface area (Å²) < 4.78 is 4.91. The van der Waals surface area contributed by atoms with Gasteiger partial charge >= 0.3 is 12.1 Å². The van der Waals surface area contributed by atoms with Crippen molar-refractivity contribution in [2.24, 2.45) is 0 Å². The Morgan fingerprint density at radius 1 is 1.36 bits per heavy atom. The monoisotopic (exact) mass is 347 g/mol. The molecule has 2 aliphatic heterocycles. The molecule has 0 aromatic heterocycles. The Kier molecular flexibility index (Phi) is 5.43. The van der Waals surface area contributed by atoms with Gasteiger partial charge in [-0.05, 0) is 31.4 Å². The van der Waals surface area contributed by atoms with Crippen LogP contribution in [0.3, 0.4) is 0 Å². The van der Waals surface area contributed by atoms with E-state index in [0.717, 1.165) is 12.1 Å². The maximum Gasteiger partial charge on any atom is 0.409 e. The van der Waals surface area contributed by atoms with E-state index in [-0.39, 0.29) is 31.3 Å². The van der Waals surface area contributed by atoms with E-state index >= 15 is 0 Å². The van der Waals surface area contributed by atoms with E-state index in [1.54, 1.807) is 9.80 Å². The lowest BCUT2D eigenvalue weighted by Gasteiger charge is -2.31. The summed E-state index contributed by atoms with van der Waals surface area (Å²) in [5.41, 5.74) is 2.12. The molecule has 25 heavy (non-hydrogen) atoms. The van der Waals surface area contributed by atoms with E-state index in [4.69, 9.17) is 4.74 Å². The average Bonchev–Trinajstić information content (AvgIpc) is 3.15. The molecule has 1 saturated heterocycles. The number of aliphatic hydroxyl groups is 1. The molecule has 1 unspecified atom stereocenters. The van der Waals surface area contributed by atoms with Crippen molar-refractivity contribution < 1.29 is 19.4 Å². The molecule has 136 valence electrons. The van der Waals surface area contributed by atoms with Gasteiger partial charge in [-0.15, -0.1) is 0 Å².